The summed E-state index contributed by atoms with van der Waals surface area (Å²) in [6, 6.07) is 0. The van der Waals surface area contributed by atoms with Gasteiger partial charge in [0.25, 0.3) is 0 Å². The van der Waals surface area contributed by atoms with Crippen LogP contribution in [0.25, 0.3) is 0 Å². The Labute approximate surface area is 169 Å². The van der Waals surface area contributed by atoms with E-state index in [9.17, 15) is 14.9 Å². The molecular formula is C21H27N5O3. The summed E-state index contributed by atoms with van der Waals surface area (Å²) in [5.41, 5.74) is 2.81. The molecule has 4 aliphatic carbocycles. The van der Waals surface area contributed by atoms with Crippen molar-refractivity contribution >= 4 is 11.6 Å². The Morgan fingerprint density at radius 2 is 1.79 bits per heavy atom. The minimum absolute atomic E-state index is 0.000150. The van der Waals surface area contributed by atoms with Gasteiger partial charge in [-0.2, -0.15) is 14.9 Å². The number of hydrogen-bond donors (Lipinski definition) is 0. The highest BCUT2D eigenvalue weighted by molar-refractivity contribution is 5.98. The number of hydrogen-bond acceptors (Lipinski definition) is 5. The van der Waals surface area contributed by atoms with Crippen LogP contribution in [0.4, 0.5) is 5.69 Å². The Kier molecular flexibility index (Phi) is 3.98. The van der Waals surface area contributed by atoms with Crippen LogP contribution in [0.5, 0.6) is 0 Å². The van der Waals surface area contributed by atoms with Crippen LogP contribution in [0.1, 0.15) is 72.9 Å². The van der Waals surface area contributed by atoms with Crippen molar-refractivity contribution in [2.24, 2.45) is 17.8 Å². The second-order valence-electron chi connectivity index (χ2n) is 9.41. The summed E-state index contributed by atoms with van der Waals surface area (Å²) >= 11 is 0. The summed E-state index contributed by atoms with van der Waals surface area (Å²) in [5, 5.41) is 20.1. The molecule has 0 unspecified atom stereocenters. The van der Waals surface area contributed by atoms with E-state index in [2.05, 4.69) is 10.2 Å². The monoisotopic (exact) mass is 397 g/mol. The van der Waals surface area contributed by atoms with E-state index >= 15 is 0 Å². The van der Waals surface area contributed by atoms with Gasteiger partial charge >= 0.3 is 11.6 Å². The molecule has 154 valence electrons. The largest absolute Gasteiger partial charge is 0.320 e. The molecule has 2 aromatic heterocycles. The molecular weight excluding hydrogens is 370 g/mol. The second-order valence-corrected chi connectivity index (χ2v) is 9.41. The molecule has 4 aliphatic rings. The van der Waals surface area contributed by atoms with E-state index in [4.69, 9.17) is 0 Å². The van der Waals surface area contributed by atoms with Gasteiger partial charge in [0.1, 0.15) is 6.20 Å². The first-order valence-corrected chi connectivity index (χ1v) is 10.6. The van der Waals surface area contributed by atoms with E-state index in [-0.39, 0.29) is 16.8 Å². The molecule has 0 amide bonds. The van der Waals surface area contributed by atoms with E-state index in [0.717, 1.165) is 35.3 Å². The van der Waals surface area contributed by atoms with Crippen molar-refractivity contribution in [1.29, 1.82) is 0 Å². The number of rotatable bonds is 4. The van der Waals surface area contributed by atoms with Crippen LogP contribution in [-0.2, 0) is 12.0 Å². The fourth-order valence-corrected chi connectivity index (χ4v) is 7.09. The lowest BCUT2D eigenvalue weighted by Crippen LogP contribution is -2.49. The van der Waals surface area contributed by atoms with Crippen molar-refractivity contribution < 1.29 is 9.72 Å². The molecule has 0 saturated heterocycles. The van der Waals surface area contributed by atoms with E-state index in [1.54, 1.807) is 0 Å². The maximum atomic E-state index is 13.4. The van der Waals surface area contributed by atoms with Crippen LogP contribution >= 0.6 is 0 Å². The van der Waals surface area contributed by atoms with E-state index in [1.165, 1.54) is 53.5 Å². The highest BCUT2D eigenvalue weighted by atomic mass is 16.6. The van der Waals surface area contributed by atoms with Crippen LogP contribution < -0.4 is 0 Å². The molecule has 6 rings (SSSR count). The predicted octanol–water partition coefficient (Wildman–Crippen LogP) is 3.78. The molecule has 0 N–H and O–H groups in total. The van der Waals surface area contributed by atoms with Gasteiger partial charge in [-0.25, -0.2) is 0 Å². The summed E-state index contributed by atoms with van der Waals surface area (Å²) in [4.78, 5) is 24.3. The molecule has 0 spiro atoms. The van der Waals surface area contributed by atoms with Gasteiger partial charge in [0.15, 0.2) is 0 Å². The fourth-order valence-electron chi connectivity index (χ4n) is 7.09. The van der Waals surface area contributed by atoms with Gasteiger partial charge in [0, 0.05) is 17.8 Å². The van der Waals surface area contributed by atoms with Crippen molar-refractivity contribution in [3.8, 4) is 0 Å². The first kappa shape index (κ1) is 18.5. The molecule has 2 heterocycles. The van der Waals surface area contributed by atoms with Gasteiger partial charge in [-0.15, -0.1) is 0 Å². The van der Waals surface area contributed by atoms with E-state index in [1.807, 2.05) is 20.8 Å². The van der Waals surface area contributed by atoms with Crippen LogP contribution in [0, 0.1) is 41.7 Å². The lowest BCUT2D eigenvalue weighted by atomic mass is 9.48. The van der Waals surface area contributed by atoms with Crippen molar-refractivity contribution in [2.45, 2.75) is 71.3 Å². The van der Waals surface area contributed by atoms with Gasteiger partial charge in [0.2, 0.25) is 5.69 Å². The van der Waals surface area contributed by atoms with Gasteiger partial charge in [0.05, 0.1) is 10.6 Å². The van der Waals surface area contributed by atoms with E-state index < -0.39 is 10.8 Å². The lowest BCUT2D eigenvalue weighted by molar-refractivity contribution is -0.385. The zero-order valence-electron chi connectivity index (χ0n) is 17.2. The quantitative estimate of drug-likeness (QED) is 0.578. The number of nitrogens with zero attached hydrogens (tertiary/aromatic N) is 5. The van der Waals surface area contributed by atoms with Crippen LogP contribution in [0.3, 0.4) is 0 Å². The van der Waals surface area contributed by atoms with Crippen molar-refractivity contribution in [1.82, 2.24) is 19.6 Å². The number of aryl methyl sites for hydroxylation is 2. The summed E-state index contributed by atoms with van der Waals surface area (Å²) < 4.78 is 2.78. The second kappa shape index (κ2) is 6.24. The van der Waals surface area contributed by atoms with Gasteiger partial charge in [-0.1, -0.05) is 0 Å². The lowest BCUT2D eigenvalue weighted by Gasteiger charge is -2.57. The highest BCUT2D eigenvalue weighted by Crippen LogP contribution is 2.61. The Morgan fingerprint density at radius 3 is 2.31 bits per heavy atom. The van der Waals surface area contributed by atoms with Gasteiger partial charge in [-0.3, -0.25) is 19.6 Å². The van der Waals surface area contributed by atoms with Gasteiger partial charge in [-0.05, 0) is 82.5 Å². The molecule has 8 nitrogen and oxygen atoms in total. The Morgan fingerprint density at radius 1 is 1.21 bits per heavy atom. The molecule has 4 bridgehead atoms. The molecule has 4 saturated carbocycles. The number of carbonyl (C=O) groups is 1. The highest BCUT2D eigenvalue weighted by Gasteiger charge is 2.53. The molecule has 0 radical (unpaired) electrons. The van der Waals surface area contributed by atoms with Crippen molar-refractivity contribution in [3.05, 3.63) is 39.0 Å². The Balaban J connectivity index is 1.59. The zero-order chi connectivity index (χ0) is 20.5. The molecule has 0 aromatic carbocycles. The molecule has 4 fully saturated rings. The van der Waals surface area contributed by atoms with Crippen LogP contribution in [0.15, 0.2) is 6.20 Å². The first-order valence-electron chi connectivity index (χ1n) is 10.6. The maximum absolute atomic E-state index is 13.4. The topological polar surface area (TPSA) is 95.9 Å². The maximum Gasteiger partial charge on any atom is 0.320 e. The molecule has 8 heteroatoms. The predicted molar refractivity (Wildman–Crippen MR) is 106 cm³/mol. The van der Waals surface area contributed by atoms with Crippen molar-refractivity contribution in [3.63, 3.8) is 0 Å². The number of carbonyl (C=O) groups excluding carboxylic acids is 1. The third-order valence-corrected chi connectivity index (χ3v) is 7.57. The summed E-state index contributed by atoms with van der Waals surface area (Å²) in [6.07, 6.45) is 8.78. The first-order chi connectivity index (χ1) is 13.8. The summed E-state index contributed by atoms with van der Waals surface area (Å²) in [6.45, 7) is 6.13. The van der Waals surface area contributed by atoms with Crippen LogP contribution in [0.2, 0.25) is 0 Å². The Hall–Kier alpha value is -2.51. The smallest absolute Gasteiger partial charge is 0.265 e. The molecule has 29 heavy (non-hydrogen) atoms. The Bertz CT molecular complexity index is 983. The fraction of sp³-hybridized carbons (Fsp3) is 0.667. The normalized spacial score (nSPS) is 30.1. The standard InChI is InChI=1S/C21H27N5O3/c1-4-24-19(17(11-22-24)26(28)29)20(27)25-13(3)18(12(2)23-25)21-8-14-5-15(9-21)7-16(6-14)10-21/h11,14-16H,4-10H2,1-3H3. The van der Waals surface area contributed by atoms with Gasteiger partial charge < -0.3 is 0 Å². The zero-order valence-corrected chi connectivity index (χ0v) is 17.2. The van der Waals surface area contributed by atoms with Crippen LogP contribution in [-0.4, -0.2) is 30.4 Å². The average Bonchev–Trinajstić information content (AvgIpc) is 3.21. The summed E-state index contributed by atoms with van der Waals surface area (Å²) in [7, 11) is 0. The molecule has 2 aromatic rings. The minimum atomic E-state index is -0.544. The number of aromatic nitrogens is 4. The molecule has 0 aliphatic heterocycles. The summed E-state index contributed by atoms with van der Waals surface area (Å²) in [5.74, 6) is 1.91. The minimum Gasteiger partial charge on any atom is -0.265 e. The number of nitro groups is 1. The third kappa shape index (κ3) is 2.60. The average molecular weight is 397 g/mol. The molecule has 0 atom stereocenters. The SMILES string of the molecule is CCn1ncc([N+](=O)[O-])c1C(=O)n1nc(C)c(C23CC4CC(CC(C4)C2)C3)c1C. The van der Waals surface area contributed by atoms with E-state index in [0.29, 0.717) is 6.54 Å². The third-order valence-electron chi connectivity index (χ3n) is 7.57. The van der Waals surface area contributed by atoms with Crippen molar-refractivity contribution in [2.75, 3.05) is 0 Å².